The molecule has 3 aromatic rings. The summed E-state index contributed by atoms with van der Waals surface area (Å²) in [5.74, 6) is 0.700. The Hall–Kier alpha value is -2.43. The summed E-state index contributed by atoms with van der Waals surface area (Å²) in [7, 11) is 0. The molecule has 0 fully saturated rings. The quantitative estimate of drug-likeness (QED) is 0.712. The zero-order valence-corrected chi connectivity index (χ0v) is 13.7. The molecule has 3 rings (SSSR count). The van der Waals surface area contributed by atoms with Gasteiger partial charge in [-0.05, 0) is 38.0 Å². The Morgan fingerprint density at radius 2 is 1.91 bits per heavy atom. The van der Waals surface area contributed by atoms with E-state index in [-0.39, 0.29) is 5.82 Å². The highest BCUT2D eigenvalue weighted by Gasteiger charge is 2.15. The monoisotopic (exact) mass is 312 g/mol. The minimum Gasteiger partial charge on any atom is -0.370 e. The van der Waals surface area contributed by atoms with Gasteiger partial charge in [-0.15, -0.1) is 0 Å². The third kappa shape index (κ3) is 3.04. The predicted octanol–water partition coefficient (Wildman–Crippen LogP) is 4.36. The van der Waals surface area contributed by atoms with Crippen LogP contribution in [0.15, 0.2) is 30.3 Å². The highest BCUT2D eigenvalue weighted by atomic mass is 19.1. The number of aromatic nitrogens is 3. The van der Waals surface area contributed by atoms with Gasteiger partial charge < -0.3 is 5.32 Å². The molecular formula is C18H21FN4. The van der Waals surface area contributed by atoms with E-state index in [2.05, 4.69) is 22.3 Å². The average molecular weight is 312 g/mol. The molecule has 2 aromatic heterocycles. The van der Waals surface area contributed by atoms with Gasteiger partial charge in [-0.1, -0.05) is 25.5 Å². The van der Waals surface area contributed by atoms with Crippen LogP contribution in [0.5, 0.6) is 0 Å². The van der Waals surface area contributed by atoms with Crippen LogP contribution >= 0.6 is 0 Å². The van der Waals surface area contributed by atoms with Gasteiger partial charge in [0.25, 0.3) is 0 Å². The first-order valence-electron chi connectivity index (χ1n) is 7.97. The summed E-state index contributed by atoms with van der Waals surface area (Å²) in [6, 6.07) is 8.48. The van der Waals surface area contributed by atoms with Crippen LogP contribution in [0.3, 0.4) is 0 Å². The molecular weight excluding hydrogens is 291 g/mol. The summed E-state index contributed by atoms with van der Waals surface area (Å²) in [6.45, 7) is 7.00. The van der Waals surface area contributed by atoms with Crippen molar-refractivity contribution in [3.63, 3.8) is 0 Å². The molecule has 0 aliphatic rings. The topological polar surface area (TPSA) is 42.2 Å². The summed E-state index contributed by atoms with van der Waals surface area (Å²) in [6.07, 6.45) is 2.24. The smallest absolute Gasteiger partial charge is 0.165 e. The first-order chi connectivity index (χ1) is 11.1. The molecule has 0 atom stereocenters. The number of nitrogens with zero attached hydrogens (tertiary/aromatic N) is 3. The van der Waals surface area contributed by atoms with Crippen LogP contribution in [0.4, 0.5) is 10.2 Å². The van der Waals surface area contributed by atoms with E-state index in [1.807, 2.05) is 24.4 Å². The summed E-state index contributed by atoms with van der Waals surface area (Å²) < 4.78 is 15.0. The molecule has 120 valence electrons. The zero-order valence-electron chi connectivity index (χ0n) is 13.7. The number of rotatable bonds is 5. The van der Waals surface area contributed by atoms with Crippen LogP contribution in [-0.4, -0.2) is 21.1 Å². The van der Waals surface area contributed by atoms with Gasteiger partial charge in [0, 0.05) is 23.9 Å². The lowest BCUT2D eigenvalue weighted by Crippen LogP contribution is -2.08. The first kappa shape index (κ1) is 15.5. The second-order valence-corrected chi connectivity index (χ2v) is 5.77. The number of hydrogen-bond donors (Lipinski definition) is 1. The molecule has 0 aliphatic heterocycles. The lowest BCUT2D eigenvalue weighted by atomic mass is 10.1. The van der Waals surface area contributed by atoms with Crippen LogP contribution in [0.25, 0.3) is 16.8 Å². The van der Waals surface area contributed by atoms with E-state index in [0.29, 0.717) is 0 Å². The molecule has 4 nitrogen and oxygen atoms in total. The minimum absolute atomic E-state index is 0.242. The number of fused-ring (bicyclic) bond motifs is 1. The normalized spacial score (nSPS) is 11.1. The third-order valence-electron chi connectivity index (χ3n) is 3.86. The van der Waals surface area contributed by atoms with Crippen LogP contribution in [0, 0.1) is 19.7 Å². The Kier molecular flexibility index (Phi) is 4.28. The van der Waals surface area contributed by atoms with Crippen molar-refractivity contribution < 1.29 is 4.39 Å². The molecule has 0 saturated carbocycles. The first-order valence-corrected chi connectivity index (χ1v) is 7.97. The Morgan fingerprint density at radius 1 is 1.17 bits per heavy atom. The molecule has 1 N–H and O–H groups in total. The fourth-order valence-corrected chi connectivity index (χ4v) is 2.72. The van der Waals surface area contributed by atoms with Crippen molar-refractivity contribution in [1.82, 2.24) is 14.6 Å². The number of anilines is 1. The van der Waals surface area contributed by atoms with Crippen molar-refractivity contribution >= 4 is 11.5 Å². The largest absolute Gasteiger partial charge is 0.370 e. The second kappa shape index (κ2) is 6.36. The molecule has 0 aliphatic carbocycles. The molecule has 5 heteroatoms. The summed E-state index contributed by atoms with van der Waals surface area (Å²) in [4.78, 5) is 4.65. The van der Waals surface area contributed by atoms with Gasteiger partial charge in [0.1, 0.15) is 11.6 Å². The Morgan fingerprint density at radius 3 is 2.61 bits per heavy atom. The lowest BCUT2D eigenvalue weighted by Gasteiger charge is -2.09. The van der Waals surface area contributed by atoms with E-state index < -0.39 is 0 Å². The molecule has 0 saturated heterocycles. The number of aryl methyl sites for hydroxylation is 2. The average Bonchev–Trinajstić information content (AvgIpc) is 2.85. The molecule has 0 amide bonds. The standard InChI is InChI=1S/C18H21FN4/c1-4-5-10-20-16-11-12(2)21-18-17(13(3)22-23(16)18)14-6-8-15(19)9-7-14/h6-9,11,20H,4-5,10H2,1-3H3. The lowest BCUT2D eigenvalue weighted by molar-refractivity contribution is 0.628. The Labute approximate surface area is 135 Å². The van der Waals surface area contributed by atoms with E-state index in [4.69, 9.17) is 0 Å². The fourth-order valence-electron chi connectivity index (χ4n) is 2.72. The highest BCUT2D eigenvalue weighted by Crippen LogP contribution is 2.29. The number of halogens is 1. The molecule has 0 bridgehead atoms. The maximum Gasteiger partial charge on any atom is 0.165 e. The van der Waals surface area contributed by atoms with Crippen molar-refractivity contribution in [3.05, 3.63) is 47.5 Å². The molecule has 1 aromatic carbocycles. The second-order valence-electron chi connectivity index (χ2n) is 5.77. The van der Waals surface area contributed by atoms with E-state index in [1.54, 1.807) is 12.1 Å². The van der Waals surface area contributed by atoms with Gasteiger partial charge in [-0.2, -0.15) is 9.61 Å². The van der Waals surface area contributed by atoms with Crippen LogP contribution in [0.2, 0.25) is 0 Å². The van der Waals surface area contributed by atoms with Crippen LogP contribution in [0.1, 0.15) is 31.2 Å². The van der Waals surface area contributed by atoms with Gasteiger partial charge in [0.2, 0.25) is 0 Å². The van der Waals surface area contributed by atoms with Gasteiger partial charge in [0.15, 0.2) is 5.65 Å². The third-order valence-corrected chi connectivity index (χ3v) is 3.86. The predicted molar refractivity (Wildman–Crippen MR) is 91.3 cm³/mol. The number of hydrogen-bond acceptors (Lipinski definition) is 3. The molecule has 0 unspecified atom stereocenters. The van der Waals surface area contributed by atoms with E-state index >= 15 is 0 Å². The van der Waals surface area contributed by atoms with Crippen molar-refractivity contribution in [3.8, 4) is 11.1 Å². The van der Waals surface area contributed by atoms with Gasteiger partial charge >= 0.3 is 0 Å². The number of unbranched alkanes of at least 4 members (excludes halogenated alkanes) is 1. The molecule has 0 radical (unpaired) electrons. The maximum atomic E-state index is 13.2. The van der Waals surface area contributed by atoms with Crippen LogP contribution < -0.4 is 5.32 Å². The summed E-state index contributed by atoms with van der Waals surface area (Å²) in [5, 5.41) is 8.06. The van der Waals surface area contributed by atoms with E-state index in [1.165, 1.54) is 12.1 Å². The van der Waals surface area contributed by atoms with Gasteiger partial charge in [-0.25, -0.2) is 9.37 Å². The number of nitrogens with one attached hydrogen (secondary N) is 1. The van der Waals surface area contributed by atoms with Gasteiger partial charge in [-0.3, -0.25) is 0 Å². The molecule has 0 spiro atoms. The van der Waals surface area contributed by atoms with E-state index in [0.717, 1.165) is 53.4 Å². The summed E-state index contributed by atoms with van der Waals surface area (Å²) in [5.41, 5.74) is 4.49. The molecule has 23 heavy (non-hydrogen) atoms. The van der Waals surface area contributed by atoms with Gasteiger partial charge in [0.05, 0.1) is 5.69 Å². The molecule has 2 heterocycles. The summed E-state index contributed by atoms with van der Waals surface area (Å²) >= 11 is 0. The highest BCUT2D eigenvalue weighted by molar-refractivity contribution is 5.80. The van der Waals surface area contributed by atoms with Crippen molar-refractivity contribution in [2.75, 3.05) is 11.9 Å². The fraction of sp³-hybridized carbons (Fsp3) is 0.333. The maximum absolute atomic E-state index is 13.2. The van der Waals surface area contributed by atoms with Crippen molar-refractivity contribution in [1.29, 1.82) is 0 Å². The van der Waals surface area contributed by atoms with Crippen LogP contribution in [-0.2, 0) is 0 Å². The zero-order chi connectivity index (χ0) is 16.4. The number of benzene rings is 1. The van der Waals surface area contributed by atoms with Crippen molar-refractivity contribution in [2.24, 2.45) is 0 Å². The Balaban J connectivity index is 2.12. The SMILES string of the molecule is CCCCNc1cc(C)nc2c(-c3ccc(F)cc3)c(C)nn12. The minimum atomic E-state index is -0.242. The Bertz CT molecular complexity index is 821. The van der Waals surface area contributed by atoms with E-state index in [9.17, 15) is 4.39 Å². The van der Waals surface area contributed by atoms with Crippen molar-refractivity contribution in [2.45, 2.75) is 33.6 Å².